The van der Waals surface area contributed by atoms with Gasteiger partial charge in [0.15, 0.2) is 0 Å². The lowest BCUT2D eigenvalue weighted by molar-refractivity contribution is -0.127. The SMILES string of the molecule is O=C1CCCN1CCc1ccc(F)c(Br)c1. The minimum atomic E-state index is -0.249. The molecule has 0 N–H and O–H groups in total. The van der Waals surface area contributed by atoms with E-state index >= 15 is 0 Å². The highest BCUT2D eigenvalue weighted by Gasteiger charge is 2.19. The van der Waals surface area contributed by atoms with Crippen LogP contribution in [-0.4, -0.2) is 23.9 Å². The molecule has 4 heteroatoms. The van der Waals surface area contributed by atoms with Gasteiger partial charge < -0.3 is 4.90 Å². The molecular weight excluding hydrogens is 273 g/mol. The molecule has 1 aromatic rings. The predicted molar refractivity (Wildman–Crippen MR) is 63.6 cm³/mol. The lowest BCUT2D eigenvalue weighted by Crippen LogP contribution is -2.26. The van der Waals surface area contributed by atoms with Crippen molar-refractivity contribution in [3.8, 4) is 0 Å². The van der Waals surface area contributed by atoms with Gasteiger partial charge in [-0.2, -0.15) is 0 Å². The highest BCUT2D eigenvalue weighted by Crippen LogP contribution is 2.18. The number of carbonyl (C=O) groups is 1. The molecule has 0 spiro atoms. The first-order valence-electron chi connectivity index (χ1n) is 5.38. The van der Waals surface area contributed by atoms with Gasteiger partial charge in [-0.05, 0) is 46.5 Å². The Hall–Kier alpha value is -0.900. The van der Waals surface area contributed by atoms with E-state index in [0.717, 1.165) is 31.5 Å². The van der Waals surface area contributed by atoms with Gasteiger partial charge in [0.05, 0.1) is 4.47 Å². The highest BCUT2D eigenvalue weighted by atomic mass is 79.9. The Kier molecular flexibility index (Phi) is 3.59. The summed E-state index contributed by atoms with van der Waals surface area (Å²) in [6, 6.07) is 4.99. The average Bonchev–Trinajstić information content (AvgIpc) is 2.66. The van der Waals surface area contributed by atoms with Crippen LogP contribution in [0, 0.1) is 5.82 Å². The van der Waals surface area contributed by atoms with Crippen molar-refractivity contribution in [2.45, 2.75) is 19.3 Å². The molecule has 16 heavy (non-hydrogen) atoms. The largest absolute Gasteiger partial charge is 0.342 e. The smallest absolute Gasteiger partial charge is 0.222 e. The van der Waals surface area contributed by atoms with Gasteiger partial charge in [-0.25, -0.2) is 4.39 Å². The second-order valence-corrected chi connectivity index (χ2v) is 4.84. The molecule has 1 saturated heterocycles. The molecule has 2 nitrogen and oxygen atoms in total. The molecule has 0 aliphatic carbocycles. The maximum Gasteiger partial charge on any atom is 0.222 e. The third kappa shape index (κ3) is 2.61. The monoisotopic (exact) mass is 285 g/mol. The summed E-state index contributed by atoms with van der Waals surface area (Å²) in [6.07, 6.45) is 2.42. The van der Waals surface area contributed by atoms with E-state index in [1.165, 1.54) is 6.07 Å². The van der Waals surface area contributed by atoms with Crippen LogP contribution < -0.4 is 0 Å². The fraction of sp³-hybridized carbons (Fsp3) is 0.417. The Morgan fingerprint density at radius 3 is 2.88 bits per heavy atom. The molecule has 2 rings (SSSR count). The lowest BCUT2D eigenvalue weighted by atomic mass is 10.1. The zero-order chi connectivity index (χ0) is 11.5. The van der Waals surface area contributed by atoms with Gasteiger partial charge in [0.25, 0.3) is 0 Å². The van der Waals surface area contributed by atoms with E-state index < -0.39 is 0 Å². The maximum absolute atomic E-state index is 13.0. The van der Waals surface area contributed by atoms with E-state index in [-0.39, 0.29) is 11.7 Å². The molecule has 0 aromatic heterocycles. The third-order valence-corrected chi connectivity index (χ3v) is 3.43. The van der Waals surface area contributed by atoms with Gasteiger partial charge >= 0.3 is 0 Å². The maximum atomic E-state index is 13.0. The number of amides is 1. The number of carbonyl (C=O) groups excluding carboxylic acids is 1. The Labute approximate surface area is 103 Å². The first kappa shape index (κ1) is 11.6. The number of rotatable bonds is 3. The molecule has 0 atom stereocenters. The summed E-state index contributed by atoms with van der Waals surface area (Å²) in [5.74, 6) is -0.0119. The molecule has 1 fully saturated rings. The van der Waals surface area contributed by atoms with Gasteiger partial charge in [0, 0.05) is 19.5 Å². The molecule has 0 saturated carbocycles. The van der Waals surface area contributed by atoms with Crippen LogP contribution in [0.3, 0.4) is 0 Å². The molecule has 1 aliphatic rings. The number of nitrogens with zero attached hydrogens (tertiary/aromatic N) is 1. The van der Waals surface area contributed by atoms with Crippen LogP contribution in [0.15, 0.2) is 22.7 Å². The normalized spacial score (nSPS) is 15.9. The van der Waals surface area contributed by atoms with Crippen molar-refractivity contribution >= 4 is 21.8 Å². The van der Waals surface area contributed by atoms with Crippen LogP contribution in [0.25, 0.3) is 0 Å². The molecule has 1 heterocycles. The van der Waals surface area contributed by atoms with E-state index in [0.29, 0.717) is 10.9 Å². The van der Waals surface area contributed by atoms with E-state index in [1.54, 1.807) is 12.1 Å². The van der Waals surface area contributed by atoms with Crippen LogP contribution >= 0.6 is 15.9 Å². The quantitative estimate of drug-likeness (QED) is 0.836. The zero-order valence-electron chi connectivity index (χ0n) is 8.88. The second-order valence-electron chi connectivity index (χ2n) is 3.98. The number of hydrogen-bond donors (Lipinski definition) is 0. The topological polar surface area (TPSA) is 20.3 Å². The number of halogens is 2. The average molecular weight is 286 g/mol. The second kappa shape index (κ2) is 4.95. The van der Waals surface area contributed by atoms with Gasteiger partial charge in [-0.15, -0.1) is 0 Å². The molecule has 1 amide bonds. The number of hydrogen-bond acceptors (Lipinski definition) is 1. The van der Waals surface area contributed by atoms with E-state index in [9.17, 15) is 9.18 Å². The molecule has 0 bridgehead atoms. The van der Waals surface area contributed by atoms with Crippen molar-refractivity contribution in [3.05, 3.63) is 34.1 Å². The minimum Gasteiger partial charge on any atom is -0.342 e. The van der Waals surface area contributed by atoms with Crippen molar-refractivity contribution < 1.29 is 9.18 Å². The van der Waals surface area contributed by atoms with Crippen molar-refractivity contribution in [2.24, 2.45) is 0 Å². The number of likely N-dealkylation sites (tertiary alicyclic amines) is 1. The Morgan fingerprint density at radius 2 is 2.25 bits per heavy atom. The van der Waals surface area contributed by atoms with Gasteiger partial charge in [-0.3, -0.25) is 4.79 Å². The van der Waals surface area contributed by atoms with Crippen molar-refractivity contribution in [1.82, 2.24) is 4.90 Å². The van der Waals surface area contributed by atoms with Crippen LogP contribution in [0.1, 0.15) is 18.4 Å². The van der Waals surface area contributed by atoms with Crippen LogP contribution in [-0.2, 0) is 11.2 Å². The van der Waals surface area contributed by atoms with Crippen molar-refractivity contribution in [1.29, 1.82) is 0 Å². The van der Waals surface area contributed by atoms with Crippen molar-refractivity contribution in [2.75, 3.05) is 13.1 Å². The van der Waals surface area contributed by atoms with Gasteiger partial charge in [-0.1, -0.05) is 6.07 Å². The fourth-order valence-electron chi connectivity index (χ4n) is 1.90. The van der Waals surface area contributed by atoms with E-state index in [4.69, 9.17) is 0 Å². The highest BCUT2D eigenvalue weighted by molar-refractivity contribution is 9.10. The summed E-state index contributed by atoms with van der Waals surface area (Å²) < 4.78 is 13.5. The summed E-state index contributed by atoms with van der Waals surface area (Å²) in [7, 11) is 0. The number of benzene rings is 1. The molecule has 1 aromatic carbocycles. The first-order chi connectivity index (χ1) is 7.66. The Morgan fingerprint density at radius 1 is 1.44 bits per heavy atom. The molecule has 86 valence electrons. The standard InChI is InChI=1S/C12H13BrFNO/c13-10-8-9(3-4-11(10)14)5-7-15-6-1-2-12(15)16/h3-4,8H,1-2,5-7H2. The fourth-order valence-corrected chi connectivity index (χ4v) is 2.33. The molecule has 1 aliphatic heterocycles. The third-order valence-electron chi connectivity index (χ3n) is 2.83. The summed E-state index contributed by atoms with van der Waals surface area (Å²) in [4.78, 5) is 13.2. The Bertz CT molecular complexity index is 408. The van der Waals surface area contributed by atoms with Crippen LogP contribution in [0.2, 0.25) is 0 Å². The molecule has 0 unspecified atom stereocenters. The van der Waals surface area contributed by atoms with Crippen LogP contribution in [0.4, 0.5) is 4.39 Å². The lowest BCUT2D eigenvalue weighted by Gasteiger charge is -2.15. The minimum absolute atomic E-state index is 0.237. The predicted octanol–water partition coefficient (Wildman–Crippen LogP) is 2.75. The molecular formula is C12H13BrFNO. The van der Waals surface area contributed by atoms with E-state index in [1.807, 2.05) is 4.90 Å². The van der Waals surface area contributed by atoms with Gasteiger partial charge in [0.2, 0.25) is 5.91 Å². The zero-order valence-corrected chi connectivity index (χ0v) is 10.5. The summed E-state index contributed by atoms with van der Waals surface area (Å²) in [5.41, 5.74) is 1.05. The summed E-state index contributed by atoms with van der Waals surface area (Å²) >= 11 is 3.16. The summed E-state index contributed by atoms with van der Waals surface area (Å²) in [5, 5.41) is 0. The van der Waals surface area contributed by atoms with Crippen LogP contribution in [0.5, 0.6) is 0 Å². The van der Waals surface area contributed by atoms with Crippen molar-refractivity contribution in [3.63, 3.8) is 0 Å². The molecule has 0 radical (unpaired) electrons. The first-order valence-corrected chi connectivity index (χ1v) is 6.18. The Balaban J connectivity index is 1.94. The summed E-state index contributed by atoms with van der Waals surface area (Å²) in [6.45, 7) is 1.60. The van der Waals surface area contributed by atoms with E-state index in [2.05, 4.69) is 15.9 Å². The van der Waals surface area contributed by atoms with Gasteiger partial charge in [0.1, 0.15) is 5.82 Å².